The van der Waals surface area contributed by atoms with Crippen LogP contribution in [0, 0.1) is 6.92 Å². The molecule has 0 spiro atoms. The topological polar surface area (TPSA) is 65.4 Å². The molecular formula is C18H25N3O3. The molecule has 0 saturated heterocycles. The van der Waals surface area contributed by atoms with Crippen LogP contribution in [0.15, 0.2) is 24.4 Å². The number of hydrogen-bond acceptors (Lipinski definition) is 4. The van der Waals surface area contributed by atoms with Gasteiger partial charge < -0.3 is 14.8 Å². The van der Waals surface area contributed by atoms with Crippen LogP contribution in [0.2, 0.25) is 0 Å². The van der Waals surface area contributed by atoms with Gasteiger partial charge >= 0.3 is 0 Å². The van der Waals surface area contributed by atoms with Crippen molar-refractivity contribution in [1.82, 2.24) is 15.1 Å². The minimum Gasteiger partial charge on any atom is -0.490 e. The summed E-state index contributed by atoms with van der Waals surface area (Å²) in [5.41, 5.74) is 2.43. The number of benzene rings is 1. The van der Waals surface area contributed by atoms with Gasteiger partial charge in [-0.25, -0.2) is 0 Å². The molecule has 1 aromatic heterocycles. The highest BCUT2D eigenvalue weighted by molar-refractivity contribution is 5.94. The van der Waals surface area contributed by atoms with Gasteiger partial charge in [0.2, 0.25) is 0 Å². The maximum absolute atomic E-state index is 12.2. The number of rotatable bonds is 8. The van der Waals surface area contributed by atoms with Crippen LogP contribution < -0.4 is 14.8 Å². The lowest BCUT2D eigenvalue weighted by molar-refractivity contribution is 0.0953. The molecule has 0 radical (unpaired) electrons. The molecule has 6 nitrogen and oxygen atoms in total. The lowest BCUT2D eigenvalue weighted by Gasteiger charge is -2.12. The molecule has 0 unspecified atom stereocenters. The van der Waals surface area contributed by atoms with E-state index in [1.54, 1.807) is 17.9 Å². The third-order valence-electron chi connectivity index (χ3n) is 3.57. The van der Waals surface area contributed by atoms with Crippen molar-refractivity contribution in [3.8, 4) is 11.5 Å². The predicted molar refractivity (Wildman–Crippen MR) is 92.8 cm³/mol. The number of amides is 1. The fourth-order valence-corrected chi connectivity index (χ4v) is 2.49. The molecule has 0 saturated carbocycles. The van der Waals surface area contributed by atoms with Gasteiger partial charge in [-0.1, -0.05) is 6.07 Å². The Morgan fingerprint density at radius 3 is 2.54 bits per heavy atom. The molecule has 1 amide bonds. The minimum absolute atomic E-state index is 0.100. The van der Waals surface area contributed by atoms with E-state index in [2.05, 4.69) is 10.4 Å². The summed E-state index contributed by atoms with van der Waals surface area (Å²) in [5.74, 6) is 1.39. The molecule has 1 N–H and O–H groups in total. The molecule has 0 aliphatic heterocycles. The smallest absolute Gasteiger partial charge is 0.254 e. The van der Waals surface area contributed by atoms with Crippen LogP contribution in [0.3, 0.4) is 0 Å². The average Bonchev–Trinajstić information content (AvgIpc) is 2.89. The number of carbonyl (C=O) groups excluding carboxylic acids is 1. The highest BCUT2D eigenvalue weighted by atomic mass is 16.5. The van der Waals surface area contributed by atoms with Crippen LogP contribution in [0.5, 0.6) is 11.5 Å². The Kier molecular flexibility index (Phi) is 6.23. The van der Waals surface area contributed by atoms with Gasteiger partial charge in [0.05, 0.1) is 24.5 Å². The Hall–Kier alpha value is -2.50. The summed E-state index contributed by atoms with van der Waals surface area (Å²) in [6, 6.07) is 5.88. The Morgan fingerprint density at radius 2 is 1.92 bits per heavy atom. The molecule has 0 atom stereocenters. The van der Waals surface area contributed by atoms with Crippen molar-refractivity contribution in [2.45, 2.75) is 27.2 Å². The summed E-state index contributed by atoms with van der Waals surface area (Å²) in [4.78, 5) is 12.2. The van der Waals surface area contributed by atoms with Crippen LogP contribution >= 0.6 is 0 Å². The van der Waals surface area contributed by atoms with Crippen molar-refractivity contribution >= 4 is 5.91 Å². The minimum atomic E-state index is -0.100. The van der Waals surface area contributed by atoms with E-state index >= 15 is 0 Å². The van der Waals surface area contributed by atoms with Gasteiger partial charge in [0.1, 0.15) is 0 Å². The fourth-order valence-electron chi connectivity index (χ4n) is 2.49. The molecule has 2 aromatic rings. The number of carbonyl (C=O) groups is 1. The maximum Gasteiger partial charge on any atom is 0.254 e. The largest absolute Gasteiger partial charge is 0.490 e. The SMILES string of the molecule is CCOc1ccc(CCNC(=O)c2cn(C)nc2C)cc1OCC. The van der Waals surface area contributed by atoms with E-state index in [1.807, 2.05) is 39.0 Å². The Bertz CT molecular complexity index is 695. The second-order valence-corrected chi connectivity index (χ2v) is 5.45. The van der Waals surface area contributed by atoms with Crippen molar-refractivity contribution in [2.75, 3.05) is 19.8 Å². The third kappa shape index (κ3) is 4.50. The second-order valence-electron chi connectivity index (χ2n) is 5.45. The Morgan fingerprint density at radius 1 is 1.21 bits per heavy atom. The van der Waals surface area contributed by atoms with Crippen LogP contribution in [-0.4, -0.2) is 35.4 Å². The van der Waals surface area contributed by atoms with Crippen LogP contribution in [-0.2, 0) is 13.5 Å². The summed E-state index contributed by atoms with van der Waals surface area (Å²) in [6.07, 6.45) is 2.45. The van der Waals surface area contributed by atoms with E-state index in [4.69, 9.17) is 9.47 Å². The Balaban J connectivity index is 1.95. The van der Waals surface area contributed by atoms with Crippen molar-refractivity contribution in [3.63, 3.8) is 0 Å². The third-order valence-corrected chi connectivity index (χ3v) is 3.57. The first-order chi connectivity index (χ1) is 11.5. The van der Waals surface area contributed by atoms with E-state index in [0.717, 1.165) is 29.2 Å². The van der Waals surface area contributed by atoms with Gasteiger partial charge in [-0.15, -0.1) is 0 Å². The van der Waals surface area contributed by atoms with E-state index in [9.17, 15) is 4.79 Å². The van der Waals surface area contributed by atoms with Crippen molar-refractivity contribution in [1.29, 1.82) is 0 Å². The fraction of sp³-hybridized carbons (Fsp3) is 0.444. The molecule has 1 aromatic carbocycles. The number of ether oxygens (including phenoxy) is 2. The first-order valence-corrected chi connectivity index (χ1v) is 8.22. The molecule has 6 heteroatoms. The van der Waals surface area contributed by atoms with Crippen molar-refractivity contribution in [3.05, 3.63) is 41.2 Å². The first kappa shape index (κ1) is 17.8. The average molecular weight is 331 g/mol. The summed E-state index contributed by atoms with van der Waals surface area (Å²) in [7, 11) is 1.80. The Labute approximate surface area is 142 Å². The molecule has 24 heavy (non-hydrogen) atoms. The summed E-state index contributed by atoms with van der Waals surface area (Å²) >= 11 is 0. The van der Waals surface area contributed by atoms with Crippen molar-refractivity contribution < 1.29 is 14.3 Å². The molecule has 130 valence electrons. The lowest BCUT2D eigenvalue weighted by Crippen LogP contribution is -2.26. The number of nitrogens with one attached hydrogen (secondary N) is 1. The van der Waals surface area contributed by atoms with Crippen LogP contribution in [0.4, 0.5) is 0 Å². The summed E-state index contributed by atoms with van der Waals surface area (Å²) in [5, 5.41) is 7.11. The van der Waals surface area contributed by atoms with Gasteiger partial charge in [0.25, 0.3) is 5.91 Å². The lowest BCUT2D eigenvalue weighted by atomic mass is 10.1. The summed E-state index contributed by atoms with van der Waals surface area (Å²) in [6.45, 7) is 7.45. The van der Waals surface area contributed by atoms with Crippen molar-refractivity contribution in [2.24, 2.45) is 7.05 Å². The molecule has 0 aliphatic carbocycles. The number of aromatic nitrogens is 2. The number of hydrogen-bond donors (Lipinski definition) is 1. The van der Waals surface area contributed by atoms with Crippen LogP contribution in [0.1, 0.15) is 35.5 Å². The molecule has 0 aliphatic rings. The van der Waals surface area contributed by atoms with Gasteiger partial charge in [-0.05, 0) is 44.9 Å². The van der Waals surface area contributed by atoms with Crippen LogP contribution in [0.25, 0.3) is 0 Å². The zero-order valence-electron chi connectivity index (χ0n) is 14.8. The molecular weight excluding hydrogens is 306 g/mol. The molecule has 0 fully saturated rings. The van der Waals surface area contributed by atoms with E-state index in [0.29, 0.717) is 25.3 Å². The van der Waals surface area contributed by atoms with E-state index in [-0.39, 0.29) is 5.91 Å². The van der Waals surface area contributed by atoms with Gasteiger partial charge in [-0.2, -0.15) is 5.10 Å². The number of nitrogens with zero attached hydrogens (tertiary/aromatic N) is 2. The van der Waals surface area contributed by atoms with Gasteiger partial charge in [0, 0.05) is 19.8 Å². The van der Waals surface area contributed by atoms with E-state index < -0.39 is 0 Å². The highest BCUT2D eigenvalue weighted by Crippen LogP contribution is 2.28. The maximum atomic E-state index is 12.2. The summed E-state index contributed by atoms with van der Waals surface area (Å²) < 4.78 is 12.8. The zero-order chi connectivity index (χ0) is 17.5. The highest BCUT2D eigenvalue weighted by Gasteiger charge is 2.12. The monoisotopic (exact) mass is 331 g/mol. The quantitative estimate of drug-likeness (QED) is 0.807. The van der Waals surface area contributed by atoms with E-state index in [1.165, 1.54) is 0 Å². The molecule has 0 bridgehead atoms. The first-order valence-electron chi connectivity index (χ1n) is 8.22. The molecule has 1 heterocycles. The predicted octanol–water partition coefficient (Wildman–Crippen LogP) is 2.50. The van der Waals surface area contributed by atoms with Gasteiger partial charge in [-0.3, -0.25) is 9.48 Å². The molecule has 2 rings (SSSR count). The standard InChI is InChI=1S/C18H25N3O3/c1-5-23-16-8-7-14(11-17(16)24-6-2)9-10-19-18(22)15-12-21(4)20-13(15)3/h7-8,11-12H,5-6,9-10H2,1-4H3,(H,19,22). The zero-order valence-corrected chi connectivity index (χ0v) is 14.8. The normalized spacial score (nSPS) is 10.5. The van der Waals surface area contributed by atoms with Gasteiger partial charge in [0.15, 0.2) is 11.5 Å². The second kappa shape index (κ2) is 8.38. The number of aryl methyl sites for hydroxylation is 2.